The van der Waals surface area contributed by atoms with Crippen LogP contribution in [0.3, 0.4) is 0 Å². The van der Waals surface area contributed by atoms with Crippen LogP contribution in [0.4, 0.5) is 4.39 Å². The quantitative estimate of drug-likeness (QED) is 0.621. The van der Waals surface area contributed by atoms with Gasteiger partial charge in [-0.3, -0.25) is 9.59 Å². The molecule has 30 heavy (non-hydrogen) atoms. The highest BCUT2D eigenvalue weighted by Gasteiger charge is 2.22. The predicted octanol–water partition coefficient (Wildman–Crippen LogP) is 4.68. The van der Waals surface area contributed by atoms with Gasteiger partial charge in [-0.1, -0.05) is 43.5 Å². The molecule has 1 saturated carbocycles. The van der Waals surface area contributed by atoms with E-state index < -0.39 is 0 Å². The zero-order chi connectivity index (χ0) is 21.3. The summed E-state index contributed by atoms with van der Waals surface area (Å²) >= 11 is 1.41. The van der Waals surface area contributed by atoms with Gasteiger partial charge in [0.05, 0.1) is 11.3 Å². The van der Waals surface area contributed by atoms with Crippen LogP contribution in [0, 0.1) is 5.82 Å². The van der Waals surface area contributed by atoms with Crippen molar-refractivity contribution in [1.29, 1.82) is 0 Å². The Morgan fingerprint density at radius 2 is 1.87 bits per heavy atom. The first-order valence-electron chi connectivity index (χ1n) is 10.5. The van der Waals surface area contributed by atoms with E-state index in [0.29, 0.717) is 30.3 Å². The average Bonchev–Trinajstić information content (AvgIpc) is 2.77. The minimum absolute atomic E-state index is 0.105. The van der Waals surface area contributed by atoms with Gasteiger partial charge >= 0.3 is 0 Å². The lowest BCUT2D eigenvalue weighted by atomic mass is 9.94. The Morgan fingerprint density at radius 3 is 2.63 bits per heavy atom. The Labute approximate surface area is 182 Å². The van der Waals surface area contributed by atoms with Crippen molar-refractivity contribution in [3.05, 3.63) is 65.5 Å². The van der Waals surface area contributed by atoms with Crippen LogP contribution in [-0.2, 0) is 11.2 Å². The Kier molecular flexibility index (Phi) is 8.31. The highest BCUT2D eigenvalue weighted by Crippen LogP contribution is 2.25. The summed E-state index contributed by atoms with van der Waals surface area (Å²) in [6.45, 7) is 0.421. The summed E-state index contributed by atoms with van der Waals surface area (Å²) in [5.41, 5.74) is 1.41. The minimum atomic E-state index is -0.275. The monoisotopic (exact) mass is 428 g/mol. The maximum atomic E-state index is 13.3. The van der Waals surface area contributed by atoms with Crippen molar-refractivity contribution in [1.82, 2.24) is 10.2 Å². The highest BCUT2D eigenvalue weighted by molar-refractivity contribution is 8.00. The molecule has 0 atom stereocenters. The number of hydrogen-bond acceptors (Lipinski definition) is 3. The molecule has 0 aromatic heterocycles. The van der Waals surface area contributed by atoms with Crippen molar-refractivity contribution in [2.45, 2.75) is 49.5 Å². The van der Waals surface area contributed by atoms with Crippen molar-refractivity contribution in [2.24, 2.45) is 0 Å². The number of carbonyl (C=O) groups excluding carboxylic acids is 2. The maximum Gasteiger partial charge on any atom is 0.252 e. The van der Waals surface area contributed by atoms with E-state index in [1.165, 1.54) is 43.2 Å². The van der Waals surface area contributed by atoms with Crippen LogP contribution < -0.4 is 5.32 Å². The van der Waals surface area contributed by atoms with Crippen molar-refractivity contribution in [3.8, 4) is 0 Å². The Hall–Kier alpha value is -2.34. The lowest BCUT2D eigenvalue weighted by molar-refractivity contribution is -0.129. The number of rotatable bonds is 8. The molecule has 1 fully saturated rings. The molecule has 2 aromatic rings. The fourth-order valence-electron chi connectivity index (χ4n) is 3.80. The van der Waals surface area contributed by atoms with Gasteiger partial charge < -0.3 is 10.2 Å². The molecular formula is C24H29FN2O2S. The Bertz CT molecular complexity index is 868. The molecule has 0 spiro atoms. The second-order valence-electron chi connectivity index (χ2n) is 7.72. The largest absolute Gasteiger partial charge is 0.352 e. The van der Waals surface area contributed by atoms with Gasteiger partial charge in [0, 0.05) is 24.5 Å². The van der Waals surface area contributed by atoms with Gasteiger partial charge in [0.2, 0.25) is 5.91 Å². The Balaban J connectivity index is 1.53. The number of halogens is 1. The van der Waals surface area contributed by atoms with E-state index in [2.05, 4.69) is 5.32 Å². The summed E-state index contributed by atoms with van der Waals surface area (Å²) in [6, 6.07) is 14.1. The molecule has 1 N–H and O–H groups in total. The summed E-state index contributed by atoms with van der Waals surface area (Å²) in [4.78, 5) is 28.0. The van der Waals surface area contributed by atoms with E-state index in [-0.39, 0.29) is 17.6 Å². The zero-order valence-electron chi connectivity index (χ0n) is 17.4. The molecule has 0 heterocycles. The van der Waals surface area contributed by atoms with Crippen LogP contribution in [0.25, 0.3) is 0 Å². The van der Waals surface area contributed by atoms with Crippen molar-refractivity contribution in [2.75, 3.05) is 19.3 Å². The van der Waals surface area contributed by atoms with Crippen LogP contribution in [0.1, 0.15) is 48.0 Å². The SMILES string of the molecule is CN(C(=O)CSc1ccccc1C(=O)NCCc1cccc(F)c1)C1CCCCC1. The summed E-state index contributed by atoms with van der Waals surface area (Å²) in [6.07, 6.45) is 6.36. The van der Waals surface area contributed by atoms with E-state index in [1.54, 1.807) is 12.1 Å². The second kappa shape index (κ2) is 11.2. The molecule has 2 aromatic carbocycles. The molecule has 6 heteroatoms. The number of hydrogen-bond donors (Lipinski definition) is 1. The predicted molar refractivity (Wildman–Crippen MR) is 119 cm³/mol. The number of amides is 2. The zero-order valence-corrected chi connectivity index (χ0v) is 18.2. The van der Waals surface area contributed by atoms with Crippen LogP contribution >= 0.6 is 11.8 Å². The molecule has 2 amide bonds. The first-order chi connectivity index (χ1) is 14.5. The van der Waals surface area contributed by atoms with Gasteiger partial charge in [-0.25, -0.2) is 4.39 Å². The van der Waals surface area contributed by atoms with Crippen LogP contribution in [0.15, 0.2) is 53.4 Å². The standard InChI is InChI=1S/C24H29FN2O2S/c1-27(20-10-3-2-4-11-20)23(28)17-30-22-13-6-5-12-21(22)24(29)26-15-14-18-8-7-9-19(25)16-18/h5-9,12-13,16,20H,2-4,10-11,14-15,17H2,1H3,(H,26,29). The summed E-state index contributed by atoms with van der Waals surface area (Å²) in [7, 11) is 1.89. The second-order valence-corrected chi connectivity index (χ2v) is 8.73. The third-order valence-electron chi connectivity index (χ3n) is 5.59. The maximum absolute atomic E-state index is 13.3. The number of thioether (sulfide) groups is 1. The van der Waals surface area contributed by atoms with Crippen molar-refractivity contribution < 1.29 is 14.0 Å². The fraction of sp³-hybridized carbons (Fsp3) is 0.417. The molecule has 1 aliphatic carbocycles. The van der Waals surface area contributed by atoms with Gasteiger partial charge in [0.1, 0.15) is 5.82 Å². The molecule has 0 radical (unpaired) electrons. The molecule has 0 aliphatic heterocycles. The molecule has 160 valence electrons. The van der Waals surface area contributed by atoms with Crippen LogP contribution in [0.5, 0.6) is 0 Å². The first-order valence-corrected chi connectivity index (χ1v) is 11.5. The third kappa shape index (κ3) is 6.33. The molecule has 4 nitrogen and oxygen atoms in total. The van der Waals surface area contributed by atoms with E-state index in [0.717, 1.165) is 23.3 Å². The van der Waals surface area contributed by atoms with Gasteiger partial charge in [-0.15, -0.1) is 11.8 Å². The minimum Gasteiger partial charge on any atom is -0.352 e. The van der Waals surface area contributed by atoms with Gasteiger partial charge in [0.25, 0.3) is 5.91 Å². The summed E-state index contributed by atoms with van der Waals surface area (Å²) < 4.78 is 13.3. The summed E-state index contributed by atoms with van der Waals surface area (Å²) in [5, 5.41) is 2.90. The molecule has 0 saturated heterocycles. The van der Waals surface area contributed by atoms with E-state index >= 15 is 0 Å². The van der Waals surface area contributed by atoms with E-state index in [4.69, 9.17) is 0 Å². The smallest absolute Gasteiger partial charge is 0.252 e. The van der Waals surface area contributed by atoms with E-state index in [1.807, 2.05) is 36.2 Å². The number of carbonyl (C=O) groups is 2. The topological polar surface area (TPSA) is 49.4 Å². The van der Waals surface area contributed by atoms with Gasteiger partial charge in [-0.2, -0.15) is 0 Å². The third-order valence-corrected chi connectivity index (χ3v) is 6.65. The van der Waals surface area contributed by atoms with Gasteiger partial charge in [0.15, 0.2) is 0 Å². The summed E-state index contributed by atoms with van der Waals surface area (Å²) in [5.74, 6) is -0.0279. The molecular weight excluding hydrogens is 399 g/mol. The lowest BCUT2D eigenvalue weighted by Gasteiger charge is -2.31. The number of nitrogens with zero attached hydrogens (tertiary/aromatic N) is 1. The number of benzene rings is 2. The lowest BCUT2D eigenvalue weighted by Crippen LogP contribution is -2.39. The van der Waals surface area contributed by atoms with Crippen molar-refractivity contribution in [3.63, 3.8) is 0 Å². The van der Waals surface area contributed by atoms with E-state index in [9.17, 15) is 14.0 Å². The molecule has 3 rings (SSSR count). The molecule has 0 bridgehead atoms. The number of nitrogens with one attached hydrogen (secondary N) is 1. The fourth-order valence-corrected chi connectivity index (χ4v) is 4.78. The molecule has 1 aliphatic rings. The normalized spacial score (nSPS) is 14.3. The first kappa shape index (κ1) is 22.3. The van der Waals surface area contributed by atoms with Crippen LogP contribution in [-0.4, -0.2) is 42.1 Å². The molecule has 0 unspecified atom stereocenters. The Morgan fingerprint density at radius 1 is 1.10 bits per heavy atom. The van der Waals surface area contributed by atoms with Crippen LogP contribution in [0.2, 0.25) is 0 Å². The highest BCUT2D eigenvalue weighted by atomic mass is 32.2. The average molecular weight is 429 g/mol. The van der Waals surface area contributed by atoms with Crippen molar-refractivity contribution >= 4 is 23.6 Å². The van der Waals surface area contributed by atoms with Gasteiger partial charge in [-0.05, 0) is 49.1 Å².